The first-order chi connectivity index (χ1) is 20.5. The summed E-state index contributed by atoms with van der Waals surface area (Å²) in [6.45, 7) is 1.35. The Kier molecular flexibility index (Phi) is 7.68. The van der Waals surface area contributed by atoms with Crippen LogP contribution in [0, 0.1) is 0 Å². The van der Waals surface area contributed by atoms with Crippen LogP contribution in [-0.2, 0) is 17.6 Å². The third-order valence-corrected chi connectivity index (χ3v) is 7.70. The Balaban J connectivity index is 1.36. The van der Waals surface area contributed by atoms with Crippen molar-refractivity contribution >= 4 is 11.8 Å². The molecule has 0 radical (unpaired) electrons. The van der Waals surface area contributed by atoms with E-state index in [0.29, 0.717) is 49.8 Å². The van der Waals surface area contributed by atoms with Crippen molar-refractivity contribution in [3.8, 4) is 28.7 Å². The summed E-state index contributed by atoms with van der Waals surface area (Å²) in [5, 5.41) is 13.1. The first-order valence-electron chi connectivity index (χ1n) is 14.1. The van der Waals surface area contributed by atoms with Gasteiger partial charge in [0.15, 0.2) is 0 Å². The number of amides is 2. The molecule has 8 bridgehead atoms. The molecule has 42 heavy (non-hydrogen) atoms. The molecule has 0 spiro atoms. The summed E-state index contributed by atoms with van der Waals surface area (Å²) < 4.78 is 17.3. The summed E-state index contributed by atoms with van der Waals surface area (Å²) in [4.78, 5) is 28.4. The summed E-state index contributed by atoms with van der Waals surface area (Å²) in [5.74, 6) is 2.07. The summed E-state index contributed by atoms with van der Waals surface area (Å²) in [7, 11) is 1.62. The van der Waals surface area contributed by atoms with Crippen molar-refractivity contribution in [1.29, 1.82) is 0 Å². The first-order valence-corrected chi connectivity index (χ1v) is 14.1. The van der Waals surface area contributed by atoms with E-state index in [0.717, 1.165) is 28.0 Å². The lowest BCUT2D eigenvalue weighted by Gasteiger charge is -2.38. The molecule has 214 valence electrons. The third-order valence-electron chi connectivity index (χ3n) is 7.70. The van der Waals surface area contributed by atoms with E-state index in [1.54, 1.807) is 13.2 Å². The highest BCUT2D eigenvalue weighted by atomic mass is 16.5. The minimum atomic E-state index is -0.382. The quantitative estimate of drug-likeness (QED) is 0.345. The van der Waals surface area contributed by atoms with E-state index < -0.39 is 0 Å². The Bertz CT molecular complexity index is 1600. The molecule has 2 N–H and O–H groups in total. The second-order valence-electron chi connectivity index (χ2n) is 10.4. The van der Waals surface area contributed by atoms with Crippen molar-refractivity contribution in [3.63, 3.8) is 0 Å². The number of methoxy groups -OCH3 is 1. The van der Waals surface area contributed by atoms with Gasteiger partial charge < -0.3 is 29.5 Å². The fourth-order valence-corrected chi connectivity index (χ4v) is 5.52. The van der Waals surface area contributed by atoms with Gasteiger partial charge in [-0.25, -0.2) is 0 Å². The lowest BCUT2D eigenvalue weighted by Crippen LogP contribution is -2.41. The molecule has 9 rings (SSSR count). The van der Waals surface area contributed by atoms with Crippen molar-refractivity contribution in [3.05, 3.63) is 113 Å². The monoisotopic (exact) mass is 564 g/mol. The normalized spacial score (nSPS) is 16.4. The number of carbonyl (C=O) groups excluding carboxylic acids is 2. The fraction of sp³-hybridized carbons (Fsp3) is 0.235. The first kappa shape index (κ1) is 27.2. The average Bonchev–Trinajstić information content (AvgIpc) is 3.01. The number of hydrogen-bond donors (Lipinski definition) is 2. The minimum Gasteiger partial charge on any atom is -0.507 e. The number of ether oxygens (including phenoxy) is 3. The maximum absolute atomic E-state index is 13.7. The van der Waals surface area contributed by atoms with Crippen LogP contribution >= 0.6 is 0 Å². The van der Waals surface area contributed by atoms with E-state index in [1.807, 2.05) is 71.6 Å². The van der Waals surface area contributed by atoms with Gasteiger partial charge in [0, 0.05) is 13.1 Å². The Labute approximate surface area is 244 Å². The number of hydrogen-bond acceptors (Lipinski definition) is 6. The molecule has 4 aromatic rings. The van der Waals surface area contributed by atoms with Crippen LogP contribution in [0.15, 0.2) is 84.9 Å². The zero-order valence-electron chi connectivity index (χ0n) is 23.3. The molecule has 0 aromatic heterocycles. The zero-order valence-corrected chi connectivity index (χ0v) is 23.3. The second-order valence-corrected chi connectivity index (χ2v) is 10.4. The Morgan fingerprint density at radius 3 is 2.50 bits per heavy atom. The van der Waals surface area contributed by atoms with E-state index in [2.05, 4.69) is 5.32 Å². The van der Waals surface area contributed by atoms with Crippen LogP contribution in [0.25, 0.3) is 0 Å². The predicted octanol–water partition coefficient (Wildman–Crippen LogP) is 5.42. The molecular formula is C34H32N2O6. The molecule has 2 amide bonds. The summed E-state index contributed by atoms with van der Waals surface area (Å²) in [5.41, 5.74) is 4.19. The molecule has 0 fully saturated rings. The van der Waals surface area contributed by atoms with Gasteiger partial charge in [0.25, 0.3) is 5.91 Å². The molecule has 0 saturated heterocycles. The van der Waals surface area contributed by atoms with Gasteiger partial charge in [0.2, 0.25) is 5.91 Å². The number of phenolic OH excluding ortho intramolecular Hbond substituents is 1. The molecule has 5 aliphatic heterocycles. The molecular weight excluding hydrogens is 532 g/mol. The van der Waals surface area contributed by atoms with Crippen molar-refractivity contribution in [2.24, 2.45) is 0 Å². The average molecular weight is 565 g/mol. The number of nitrogens with one attached hydrogen (secondary N) is 1. The van der Waals surface area contributed by atoms with Gasteiger partial charge in [-0.1, -0.05) is 30.3 Å². The molecule has 1 atom stereocenters. The number of aromatic hydroxyl groups is 1. The number of nitrogens with zero attached hydrogens (tertiary/aromatic N) is 1. The predicted molar refractivity (Wildman–Crippen MR) is 157 cm³/mol. The highest BCUT2D eigenvalue weighted by molar-refractivity contribution is 5.97. The van der Waals surface area contributed by atoms with Crippen LogP contribution in [0.2, 0.25) is 0 Å². The number of carbonyl (C=O) groups is 2. The van der Waals surface area contributed by atoms with Gasteiger partial charge in [0.05, 0.1) is 31.7 Å². The van der Waals surface area contributed by atoms with E-state index in [4.69, 9.17) is 14.2 Å². The second kappa shape index (κ2) is 11.9. The SMILES string of the molecule is COc1ccc(CC(=O)N2CCc3cc4ccc3C2c2ccc(cc2)OCCCNC(=O)c2cc(ccc2O)O4)cc1. The highest BCUT2D eigenvalue weighted by Gasteiger charge is 2.32. The van der Waals surface area contributed by atoms with Crippen LogP contribution < -0.4 is 19.5 Å². The molecule has 0 saturated carbocycles. The third kappa shape index (κ3) is 5.74. The number of rotatable bonds is 3. The topological polar surface area (TPSA) is 97.3 Å². The molecule has 1 unspecified atom stereocenters. The van der Waals surface area contributed by atoms with Gasteiger partial charge in [-0.05, 0) is 89.7 Å². The summed E-state index contributed by atoms with van der Waals surface area (Å²) >= 11 is 0. The lowest BCUT2D eigenvalue weighted by molar-refractivity contribution is -0.132. The lowest BCUT2D eigenvalue weighted by atomic mass is 9.87. The Hall–Kier alpha value is -4.98. The smallest absolute Gasteiger partial charge is 0.255 e. The number of phenols is 1. The van der Waals surface area contributed by atoms with Crippen LogP contribution in [0.5, 0.6) is 28.7 Å². The minimum absolute atomic E-state index is 0.0450. The maximum Gasteiger partial charge on any atom is 0.255 e. The van der Waals surface area contributed by atoms with Gasteiger partial charge in [-0.15, -0.1) is 0 Å². The molecule has 5 heterocycles. The summed E-state index contributed by atoms with van der Waals surface area (Å²) in [6.07, 6.45) is 1.55. The molecule has 5 aliphatic rings. The molecule has 8 nitrogen and oxygen atoms in total. The van der Waals surface area contributed by atoms with E-state index in [-0.39, 0.29) is 35.6 Å². The largest absolute Gasteiger partial charge is 0.507 e. The van der Waals surface area contributed by atoms with Crippen LogP contribution in [-0.4, -0.2) is 48.6 Å². The van der Waals surface area contributed by atoms with E-state index in [9.17, 15) is 14.7 Å². The van der Waals surface area contributed by atoms with Crippen LogP contribution in [0.4, 0.5) is 0 Å². The standard InChI is InChI=1S/C34H32N2O6/c1-40-25-7-3-22(4-8-25)19-32(38)36-17-15-24-20-27-11-13-29(24)33(36)23-5-9-26(10-6-23)41-18-2-16-35-34(39)30-21-28(42-27)12-14-31(30)37/h3-14,20-21,33,37H,2,15-19H2,1H3,(H,35,39). The number of benzene rings is 4. The van der Waals surface area contributed by atoms with Crippen LogP contribution in [0.1, 0.15) is 45.1 Å². The van der Waals surface area contributed by atoms with Gasteiger partial charge in [-0.2, -0.15) is 0 Å². The van der Waals surface area contributed by atoms with Gasteiger partial charge in [-0.3, -0.25) is 9.59 Å². The Morgan fingerprint density at radius 2 is 1.71 bits per heavy atom. The van der Waals surface area contributed by atoms with Gasteiger partial charge in [0.1, 0.15) is 28.7 Å². The van der Waals surface area contributed by atoms with E-state index >= 15 is 0 Å². The van der Waals surface area contributed by atoms with E-state index in [1.165, 1.54) is 12.1 Å². The molecule has 8 heteroatoms. The van der Waals surface area contributed by atoms with Gasteiger partial charge >= 0.3 is 0 Å². The maximum atomic E-state index is 13.7. The van der Waals surface area contributed by atoms with Crippen molar-refractivity contribution in [1.82, 2.24) is 10.2 Å². The summed E-state index contributed by atoms with van der Waals surface area (Å²) in [6, 6.07) is 25.7. The molecule has 0 aliphatic carbocycles. The van der Waals surface area contributed by atoms with Crippen LogP contribution in [0.3, 0.4) is 0 Å². The highest BCUT2D eigenvalue weighted by Crippen LogP contribution is 2.39. The van der Waals surface area contributed by atoms with Crippen molar-refractivity contribution < 1.29 is 28.9 Å². The molecule has 4 aromatic carbocycles. The zero-order chi connectivity index (χ0) is 29.1. The fourth-order valence-electron chi connectivity index (χ4n) is 5.52. The van der Waals surface area contributed by atoms with Crippen molar-refractivity contribution in [2.45, 2.75) is 25.3 Å². The van der Waals surface area contributed by atoms with Crippen molar-refractivity contribution in [2.75, 3.05) is 26.8 Å². The Morgan fingerprint density at radius 1 is 0.976 bits per heavy atom.